The van der Waals surface area contributed by atoms with Gasteiger partial charge in [0.25, 0.3) is 0 Å². The van der Waals surface area contributed by atoms with E-state index in [9.17, 15) is 9.18 Å². The molecule has 0 atom stereocenters. The van der Waals surface area contributed by atoms with Crippen molar-refractivity contribution in [3.63, 3.8) is 0 Å². The number of hydrogen-bond acceptors (Lipinski definition) is 2. The van der Waals surface area contributed by atoms with Crippen LogP contribution in [-0.4, -0.2) is 11.1 Å². The van der Waals surface area contributed by atoms with E-state index >= 15 is 0 Å². The van der Waals surface area contributed by atoms with E-state index < -0.39 is 11.8 Å². The average Bonchev–Trinajstić information content (AvgIpc) is 2.45. The van der Waals surface area contributed by atoms with Gasteiger partial charge in [-0.2, -0.15) is 0 Å². The maximum absolute atomic E-state index is 14.1. The predicted octanol–water partition coefficient (Wildman–Crippen LogP) is 3.73. The van der Waals surface area contributed by atoms with E-state index in [1.54, 1.807) is 13.0 Å². The summed E-state index contributed by atoms with van der Waals surface area (Å²) >= 11 is 0. The van der Waals surface area contributed by atoms with Crippen molar-refractivity contribution in [1.29, 1.82) is 0 Å². The Balaban J connectivity index is 2.08. The number of carbonyl (C=O) groups is 1. The van der Waals surface area contributed by atoms with Crippen molar-refractivity contribution in [2.45, 2.75) is 26.4 Å². The zero-order valence-electron chi connectivity index (χ0n) is 11.8. The first kappa shape index (κ1) is 15.0. The number of benzene rings is 2. The summed E-state index contributed by atoms with van der Waals surface area (Å²) in [4.78, 5) is 10.6. The number of carboxylic acids is 1. The molecule has 0 bridgehead atoms. The van der Waals surface area contributed by atoms with Gasteiger partial charge in [-0.1, -0.05) is 36.4 Å². The fourth-order valence-corrected chi connectivity index (χ4v) is 2.11. The van der Waals surface area contributed by atoms with Gasteiger partial charge in [0.1, 0.15) is 6.61 Å². The molecule has 0 aliphatic carbocycles. The molecule has 0 saturated heterocycles. The fraction of sp³-hybridized carbons (Fsp3) is 0.235. The Morgan fingerprint density at radius 2 is 1.90 bits per heavy atom. The number of ether oxygens (including phenoxy) is 1. The number of halogens is 1. The second kappa shape index (κ2) is 6.88. The third-order valence-corrected chi connectivity index (χ3v) is 3.14. The lowest BCUT2D eigenvalue weighted by molar-refractivity contribution is -0.136. The maximum Gasteiger partial charge on any atom is 0.303 e. The third kappa shape index (κ3) is 4.31. The van der Waals surface area contributed by atoms with Crippen LogP contribution in [0.2, 0.25) is 0 Å². The molecule has 3 nitrogen and oxygen atoms in total. The van der Waals surface area contributed by atoms with Crippen molar-refractivity contribution in [2.75, 3.05) is 0 Å². The lowest BCUT2D eigenvalue weighted by Crippen LogP contribution is -2.02. The summed E-state index contributed by atoms with van der Waals surface area (Å²) in [6.07, 6.45) is 0.301. The quantitative estimate of drug-likeness (QED) is 0.881. The normalized spacial score (nSPS) is 10.4. The monoisotopic (exact) mass is 288 g/mol. The van der Waals surface area contributed by atoms with Crippen molar-refractivity contribution >= 4 is 5.97 Å². The second-order valence-electron chi connectivity index (χ2n) is 4.89. The molecule has 4 heteroatoms. The highest BCUT2D eigenvalue weighted by Crippen LogP contribution is 2.25. The highest BCUT2D eigenvalue weighted by molar-refractivity contribution is 5.67. The number of hydrogen-bond donors (Lipinski definition) is 1. The van der Waals surface area contributed by atoms with Crippen LogP contribution >= 0.6 is 0 Å². The van der Waals surface area contributed by atoms with Gasteiger partial charge in [-0.05, 0) is 36.1 Å². The summed E-state index contributed by atoms with van der Waals surface area (Å²) < 4.78 is 19.6. The topological polar surface area (TPSA) is 46.5 Å². The van der Waals surface area contributed by atoms with Gasteiger partial charge in [-0.25, -0.2) is 4.39 Å². The lowest BCUT2D eigenvalue weighted by atomic mass is 10.1. The minimum Gasteiger partial charge on any atom is -0.486 e. The van der Waals surface area contributed by atoms with Gasteiger partial charge in [-0.15, -0.1) is 0 Å². The van der Waals surface area contributed by atoms with Crippen molar-refractivity contribution in [1.82, 2.24) is 0 Å². The first-order valence-electron chi connectivity index (χ1n) is 6.74. The van der Waals surface area contributed by atoms with Gasteiger partial charge >= 0.3 is 5.97 Å². The van der Waals surface area contributed by atoms with Crippen molar-refractivity contribution in [3.05, 3.63) is 65.0 Å². The number of rotatable bonds is 6. The molecule has 2 rings (SSSR count). The molecule has 110 valence electrons. The predicted molar refractivity (Wildman–Crippen MR) is 77.9 cm³/mol. The molecule has 0 fully saturated rings. The first-order valence-corrected chi connectivity index (χ1v) is 6.74. The van der Waals surface area contributed by atoms with E-state index in [4.69, 9.17) is 9.84 Å². The second-order valence-corrected chi connectivity index (χ2v) is 4.89. The lowest BCUT2D eigenvalue weighted by Gasteiger charge is -2.12. The number of aliphatic carboxylic acids is 1. The molecular weight excluding hydrogens is 271 g/mol. The van der Waals surface area contributed by atoms with Crippen LogP contribution in [0.4, 0.5) is 4.39 Å². The minimum absolute atomic E-state index is 0.0108. The highest BCUT2D eigenvalue weighted by atomic mass is 19.1. The van der Waals surface area contributed by atoms with Gasteiger partial charge < -0.3 is 9.84 Å². The number of carboxylic acid groups (broad SMARTS) is 1. The van der Waals surface area contributed by atoms with E-state index in [-0.39, 0.29) is 12.2 Å². The van der Waals surface area contributed by atoms with Crippen LogP contribution in [-0.2, 0) is 17.8 Å². The summed E-state index contributed by atoms with van der Waals surface area (Å²) in [6, 6.07) is 12.6. The average molecular weight is 288 g/mol. The van der Waals surface area contributed by atoms with E-state index in [1.165, 1.54) is 6.07 Å². The summed E-state index contributed by atoms with van der Waals surface area (Å²) in [7, 11) is 0. The van der Waals surface area contributed by atoms with Crippen LogP contribution in [0.1, 0.15) is 23.1 Å². The Hall–Kier alpha value is -2.36. The molecule has 0 unspecified atom stereocenters. The molecule has 0 spiro atoms. The van der Waals surface area contributed by atoms with Gasteiger partial charge in [0.2, 0.25) is 0 Å². The Morgan fingerprint density at radius 1 is 1.19 bits per heavy atom. The Kier molecular flexibility index (Phi) is 4.93. The van der Waals surface area contributed by atoms with Crippen molar-refractivity contribution in [3.8, 4) is 5.75 Å². The molecule has 0 aromatic heterocycles. The van der Waals surface area contributed by atoms with Crippen molar-refractivity contribution < 1.29 is 19.0 Å². The fourth-order valence-electron chi connectivity index (χ4n) is 2.11. The Morgan fingerprint density at radius 3 is 2.52 bits per heavy atom. The molecule has 2 aromatic carbocycles. The van der Waals surface area contributed by atoms with Crippen molar-refractivity contribution in [2.24, 2.45) is 0 Å². The van der Waals surface area contributed by atoms with Crippen LogP contribution < -0.4 is 4.74 Å². The molecule has 0 aliphatic rings. The molecular formula is C17H17FO3. The standard InChI is InChI=1S/C17H17FO3/c1-12-9-14(7-8-16(19)20)10-15(18)17(12)21-11-13-5-3-2-4-6-13/h2-6,9-10H,7-8,11H2,1H3,(H,19,20). The van der Waals surface area contributed by atoms with E-state index in [0.717, 1.165) is 5.56 Å². The van der Waals surface area contributed by atoms with Gasteiger partial charge in [0.15, 0.2) is 11.6 Å². The SMILES string of the molecule is Cc1cc(CCC(=O)O)cc(F)c1OCc1ccccc1. The highest BCUT2D eigenvalue weighted by Gasteiger charge is 2.11. The molecule has 1 N–H and O–H groups in total. The van der Waals surface area contributed by atoms with Crippen LogP contribution in [0.25, 0.3) is 0 Å². The van der Waals surface area contributed by atoms with E-state index in [1.807, 2.05) is 30.3 Å². The molecule has 0 saturated carbocycles. The summed E-state index contributed by atoms with van der Waals surface area (Å²) in [5.74, 6) is -1.12. The molecule has 0 radical (unpaired) electrons. The zero-order valence-corrected chi connectivity index (χ0v) is 11.8. The third-order valence-electron chi connectivity index (χ3n) is 3.14. The van der Waals surface area contributed by atoms with E-state index in [0.29, 0.717) is 24.2 Å². The van der Waals surface area contributed by atoms with Crippen LogP contribution in [0.3, 0.4) is 0 Å². The largest absolute Gasteiger partial charge is 0.486 e. The van der Waals surface area contributed by atoms with Crippen LogP contribution in [0.15, 0.2) is 42.5 Å². The maximum atomic E-state index is 14.1. The van der Waals surface area contributed by atoms with Gasteiger partial charge in [-0.3, -0.25) is 4.79 Å². The Labute approximate surface area is 123 Å². The smallest absolute Gasteiger partial charge is 0.303 e. The summed E-state index contributed by atoms with van der Waals surface area (Å²) in [5.41, 5.74) is 2.30. The molecule has 21 heavy (non-hydrogen) atoms. The van der Waals surface area contributed by atoms with Gasteiger partial charge in [0, 0.05) is 6.42 Å². The van der Waals surface area contributed by atoms with Crippen LogP contribution in [0, 0.1) is 12.7 Å². The summed E-state index contributed by atoms with van der Waals surface area (Å²) in [5, 5.41) is 8.66. The Bertz CT molecular complexity index is 600. The van der Waals surface area contributed by atoms with E-state index in [2.05, 4.69) is 0 Å². The summed E-state index contributed by atoms with van der Waals surface area (Å²) in [6.45, 7) is 2.06. The zero-order chi connectivity index (χ0) is 15.2. The molecule has 0 heterocycles. The van der Waals surface area contributed by atoms with Crippen LogP contribution in [0.5, 0.6) is 5.75 Å². The minimum atomic E-state index is -0.891. The molecule has 0 amide bonds. The first-order chi connectivity index (χ1) is 10.1. The van der Waals surface area contributed by atoms with Gasteiger partial charge in [0.05, 0.1) is 0 Å². The molecule has 0 aliphatic heterocycles. The molecule has 2 aromatic rings. The number of aryl methyl sites for hydroxylation is 2.